The lowest BCUT2D eigenvalue weighted by Gasteiger charge is -2.39. The van der Waals surface area contributed by atoms with Gasteiger partial charge >= 0.3 is 0 Å². The lowest BCUT2D eigenvalue weighted by molar-refractivity contribution is 0.206. The van der Waals surface area contributed by atoms with Gasteiger partial charge in [-0.15, -0.1) is 0 Å². The fourth-order valence-electron chi connectivity index (χ4n) is 2.52. The molecule has 94 valence electrons. The Labute approximate surface area is 106 Å². The first kappa shape index (κ1) is 11.5. The summed E-state index contributed by atoms with van der Waals surface area (Å²) in [5, 5.41) is 4.59. The molecule has 2 N–H and O–H groups in total. The van der Waals surface area contributed by atoms with Crippen molar-refractivity contribution in [1.82, 2.24) is 10.3 Å². The number of nitrogens with one attached hydrogen (secondary N) is 2. The highest BCUT2D eigenvalue weighted by atomic mass is 16.1. The molecule has 0 atom stereocenters. The number of rotatable bonds is 3. The van der Waals surface area contributed by atoms with Crippen LogP contribution in [0.3, 0.4) is 0 Å². The third-order valence-corrected chi connectivity index (χ3v) is 3.99. The Morgan fingerprint density at radius 2 is 2.11 bits per heavy atom. The van der Waals surface area contributed by atoms with Gasteiger partial charge in [-0.3, -0.25) is 4.79 Å². The molecule has 1 heterocycles. The first-order chi connectivity index (χ1) is 8.66. The molecule has 2 aromatic rings. The van der Waals surface area contributed by atoms with Crippen LogP contribution in [0.5, 0.6) is 0 Å². The Kier molecular flexibility index (Phi) is 2.71. The van der Waals surface area contributed by atoms with Crippen molar-refractivity contribution in [3.63, 3.8) is 0 Å². The summed E-state index contributed by atoms with van der Waals surface area (Å²) in [5.41, 5.74) is 1.98. The van der Waals surface area contributed by atoms with Crippen LogP contribution in [0.4, 0.5) is 0 Å². The molecule has 3 heteroatoms. The van der Waals surface area contributed by atoms with Crippen molar-refractivity contribution in [2.75, 3.05) is 0 Å². The summed E-state index contributed by atoms with van der Waals surface area (Å²) in [6.07, 6.45) is 3.70. The van der Waals surface area contributed by atoms with Crippen LogP contribution >= 0.6 is 0 Å². The average molecular weight is 242 g/mol. The van der Waals surface area contributed by atoms with Gasteiger partial charge in [0.1, 0.15) is 0 Å². The Hall–Kier alpha value is -1.61. The number of aromatic amines is 1. The average Bonchev–Trinajstić information content (AvgIpc) is 2.34. The molecule has 0 aliphatic heterocycles. The largest absolute Gasteiger partial charge is 0.322 e. The lowest BCUT2D eigenvalue weighted by atomic mass is 9.78. The van der Waals surface area contributed by atoms with Crippen LogP contribution in [0.15, 0.2) is 35.1 Å². The highest BCUT2D eigenvalue weighted by Crippen LogP contribution is 2.31. The second-order valence-corrected chi connectivity index (χ2v) is 5.48. The number of hydrogen-bond acceptors (Lipinski definition) is 2. The van der Waals surface area contributed by atoms with E-state index in [0.717, 1.165) is 16.5 Å². The van der Waals surface area contributed by atoms with Crippen molar-refractivity contribution >= 4 is 10.9 Å². The number of H-pyrrole nitrogens is 1. The van der Waals surface area contributed by atoms with Crippen LogP contribution in [0.25, 0.3) is 10.9 Å². The highest BCUT2D eigenvalue weighted by Gasteiger charge is 2.30. The van der Waals surface area contributed by atoms with Crippen LogP contribution in [0.1, 0.15) is 31.7 Å². The predicted molar refractivity (Wildman–Crippen MR) is 73.7 cm³/mol. The van der Waals surface area contributed by atoms with Gasteiger partial charge < -0.3 is 10.3 Å². The van der Waals surface area contributed by atoms with Crippen molar-refractivity contribution in [2.24, 2.45) is 0 Å². The molecule has 18 heavy (non-hydrogen) atoms. The fraction of sp³-hybridized carbons (Fsp3) is 0.400. The SMILES string of the molecule is CC1(NCc2cc3ccccc3[nH]c2=O)CCC1. The number of benzene rings is 1. The van der Waals surface area contributed by atoms with Crippen LogP contribution in [-0.2, 0) is 6.54 Å². The Morgan fingerprint density at radius 1 is 1.33 bits per heavy atom. The number of para-hydroxylation sites is 1. The molecule has 3 nitrogen and oxygen atoms in total. The Bertz CT molecular complexity index is 626. The zero-order chi connectivity index (χ0) is 12.6. The van der Waals surface area contributed by atoms with Crippen molar-refractivity contribution in [3.05, 3.63) is 46.2 Å². The van der Waals surface area contributed by atoms with E-state index in [1.807, 2.05) is 30.3 Å². The third kappa shape index (κ3) is 2.06. The van der Waals surface area contributed by atoms with Gasteiger partial charge in [0.2, 0.25) is 0 Å². The van der Waals surface area contributed by atoms with Crippen molar-refractivity contribution in [1.29, 1.82) is 0 Å². The van der Waals surface area contributed by atoms with Gasteiger partial charge in [-0.1, -0.05) is 18.2 Å². The molecule has 3 rings (SSSR count). The molecule has 1 aromatic carbocycles. The van der Waals surface area contributed by atoms with Crippen molar-refractivity contribution in [2.45, 2.75) is 38.3 Å². The van der Waals surface area contributed by atoms with Gasteiger partial charge in [-0.2, -0.15) is 0 Å². The van der Waals surface area contributed by atoms with Gasteiger partial charge in [0.25, 0.3) is 5.56 Å². The number of aromatic nitrogens is 1. The van der Waals surface area contributed by atoms with Crippen LogP contribution in [0.2, 0.25) is 0 Å². The summed E-state index contributed by atoms with van der Waals surface area (Å²) in [6.45, 7) is 2.88. The molecule has 0 saturated heterocycles. The summed E-state index contributed by atoms with van der Waals surface area (Å²) >= 11 is 0. The molecule has 1 aliphatic rings. The summed E-state index contributed by atoms with van der Waals surface area (Å²) in [5.74, 6) is 0. The summed E-state index contributed by atoms with van der Waals surface area (Å²) in [6, 6.07) is 9.88. The van der Waals surface area contributed by atoms with Crippen LogP contribution < -0.4 is 10.9 Å². The molecule has 0 unspecified atom stereocenters. The molecule has 0 amide bonds. The van der Waals surface area contributed by atoms with E-state index < -0.39 is 0 Å². The number of pyridine rings is 1. The third-order valence-electron chi connectivity index (χ3n) is 3.99. The summed E-state index contributed by atoms with van der Waals surface area (Å²) < 4.78 is 0. The minimum absolute atomic E-state index is 0.0177. The van der Waals surface area contributed by atoms with E-state index in [4.69, 9.17) is 0 Å². The smallest absolute Gasteiger partial charge is 0.252 e. The van der Waals surface area contributed by atoms with E-state index in [1.165, 1.54) is 19.3 Å². The van der Waals surface area contributed by atoms with E-state index in [-0.39, 0.29) is 11.1 Å². The molecule has 1 fully saturated rings. The summed E-state index contributed by atoms with van der Waals surface area (Å²) in [4.78, 5) is 14.9. The fourth-order valence-corrected chi connectivity index (χ4v) is 2.52. The quantitative estimate of drug-likeness (QED) is 0.868. The first-order valence-corrected chi connectivity index (χ1v) is 6.52. The second kappa shape index (κ2) is 4.25. The maximum Gasteiger partial charge on any atom is 0.252 e. The molecule has 0 spiro atoms. The standard InChI is InChI=1S/C15H18N2O/c1-15(7-4-8-15)16-10-12-9-11-5-2-3-6-13(11)17-14(12)18/h2-3,5-6,9,16H,4,7-8,10H2,1H3,(H,17,18). The van der Waals surface area contributed by atoms with E-state index in [1.54, 1.807) is 0 Å². The summed E-state index contributed by atoms with van der Waals surface area (Å²) in [7, 11) is 0. The normalized spacial score (nSPS) is 17.6. The topological polar surface area (TPSA) is 44.9 Å². The van der Waals surface area contributed by atoms with E-state index in [2.05, 4.69) is 17.2 Å². The molecule has 0 radical (unpaired) electrons. The van der Waals surface area contributed by atoms with Gasteiger partial charge in [-0.25, -0.2) is 0 Å². The molecular formula is C15H18N2O. The maximum atomic E-state index is 12.0. The molecule has 1 aromatic heterocycles. The van der Waals surface area contributed by atoms with Crippen molar-refractivity contribution < 1.29 is 0 Å². The zero-order valence-corrected chi connectivity index (χ0v) is 10.6. The Morgan fingerprint density at radius 3 is 2.83 bits per heavy atom. The predicted octanol–water partition coefficient (Wildman–Crippen LogP) is 2.56. The Balaban J connectivity index is 1.87. The highest BCUT2D eigenvalue weighted by molar-refractivity contribution is 5.78. The van der Waals surface area contributed by atoms with E-state index in [9.17, 15) is 4.79 Å². The number of hydrogen-bond donors (Lipinski definition) is 2. The van der Waals surface area contributed by atoms with Gasteiger partial charge in [0, 0.05) is 23.2 Å². The molecule has 0 bridgehead atoms. The van der Waals surface area contributed by atoms with E-state index >= 15 is 0 Å². The van der Waals surface area contributed by atoms with Gasteiger partial charge in [-0.05, 0) is 43.7 Å². The monoisotopic (exact) mass is 242 g/mol. The maximum absolute atomic E-state index is 12.0. The molecule has 1 aliphatic carbocycles. The van der Waals surface area contributed by atoms with E-state index in [0.29, 0.717) is 6.54 Å². The molecule has 1 saturated carbocycles. The minimum Gasteiger partial charge on any atom is -0.322 e. The second-order valence-electron chi connectivity index (χ2n) is 5.48. The minimum atomic E-state index is 0.0177. The lowest BCUT2D eigenvalue weighted by Crippen LogP contribution is -2.48. The van der Waals surface area contributed by atoms with Crippen LogP contribution in [0, 0.1) is 0 Å². The first-order valence-electron chi connectivity index (χ1n) is 6.52. The van der Waals surface area contributed by atoms with Gasteiger partial charge in [0.05, 0.1) is 0 Å². The van der Waals surface area contributed by atoms with Crippen LogP contribution in [-0.4, -0.2) is 10.5 Å². The van der Waals surface area contributed by atoms with Gasteiger partial charge in [0.15, 0.2) is 0 Å². The molecular weight excluding hydrogens is 224 g/mol. The number of fused-ring (bicyclic) bond motifs is 1. The zero-order valence-electron chi connectivity index (χ0n) is 10.6. The van der Waals surface area contributed by atoms with Crippen molar-refractivity contribution in [3.8, 4) is 0 Å².